The van der Waals surface area contributed by atoms with Crippen LogP contribution in [0.2, 0.25) is 0 Å². The molecule has 0 unspecified atom stereocenters. The Morgan fingerprint density at radius 3 is 1.54 bits per heavy atom. The molecule has 0 fully saturated rings. The standard InChI is InChI=1S/C8H7F5/c1-4(2)7(10)6(5(3)9)8(11,12)13/h1,3H2,2H3/b7-6-. The highest BCUT2D eigenvalue weighted by molar-refractivity contribution is 5.38. The molecule has 0 aromatic rings. The van der Waals surface area contributed by atoms with Crippen LogP contribution in [-0.2, 0) is 0 Å². The van der Waals surface area contributed by atoms with Gasteiger partial charge in [-0.2, -0.15) is 13.2 Å². The van der Waals surface area contributed by atoms with Gasteiger partial charge in [0.1, 0.15) is 17.2 Å². The van der Waals surface area contributed by atoms with Crippen molar-refractivity contribution in [2.24, 2.45) is 0 Å². The normalized spacial score (nSPS) is 13.7. The third-order valence-corrected chi connectivity index (χ3v) is 1.15. The number of hydrogen-bond acceptors (Lipinski definition) is 0. The van der Waals surface area contributed by atoms with Crippen LogP contribution in [-0.4, -0.2) is 6.18 Å². The van der Waals surface area contributed by atoms with E-state index >= 15 is 0 Å². The van der Waals surface area contributed by atoms with E-state index in [1.807, 2.05) is 0 Å². The lowest BCUT2D eigenvalue weighted by Crippen LogP contribution is -2.14. The Morgan fingerprint density at radius 2 is 1.46 bits per heavy atom. The van der Waals surface area contributed by atoms with E-state index in [1.54, 1.807) is 0 Å². The molecule has 74 valence electrons. The number of halogens is 5. The summed E-state index contributed by atoms with van der Waals surface area (Å²) in [4.78, 5) is 0. The van der Waals surface area contributed by atoms with Gasteiger partial charge in [0.05, 0.1) is 0 Å². The molecule has 0 aromatic carbocycles. The van der Waals surface area contributed by atoms with Gasteiger partial charge in [0.2, 0.25) is 0 Å². The SMILES string of the molecule is C=C(C)/C(F)=C(\C(=C)F)C(F)(F)F. The fraction of sp³-hybridized carbons (Fsp3) is 0.250. The van der Waals surface area contributed by atoms with E-state index in [0.717, 1.165) is 6.92 Å². The lowest BCUT2D eigenvalue weighted by Gasteiger charge is -2.10. The number of alkyl halides is 3. The first-order valence-corrected chi connectivity index (χ1v) is 3.15. The lowest BCUT2D eigenvalue weighted by molar-refractivity contribution is -0.0926. The third-order valence-electron chi connectivity index (χ3n) is 1.15. The zero-order valence-corrected chi connectivity index (χ0v) is 6.80. The van der Waals surface area contributed by atoms with Crippen LogP contribution in [0, 0.1) is 0 Å². The first-order valence-electron chi connectivity index (χ1n) is 3.15. The highest BCUT2D eigenvalue weighted by Crippen LogP contribution is 2.35. The van der Waals surface area contributed by atoms with Gasteiger partial charge in [-0.3, -0.25) is 0 Å². The predicted octanol–water partition coefficient (Wildman–Crippen LogP) is 3.83. The Kier molecular flexibility index (Phi) is 3.40. The summed E-state index contributed by atoms with van der Waals surface area (Å²) in [6.07, 6.45) is -5.09. The van der Waals surface area contributed by atoms with Crippen LogP contribution in [0.1, 0.15) is 6.92 Å². The van der Waals surface area contributed by atoms with Gasteiger partial charge in [-0.25, -0.2) is 8.78 Å². The van der Waals surface area contributed by atoms with Gasteiger partial charge in [-0.05, 0) is 12.5 Å². The van der Waals surface area contributed by atoms with Gasteiger partial charge >= 0.3 is 6.18 Å². The van der Waals surface area contributed by atoms with Crippen molar-refractivity contribution in [3.8, 4) is 0 Å². The van der Waals surface area contributed by atoms with E-state index < -0.39 is 29.0 Å². The van der Waals surface area contributed by atoms with Crippen LogP contribution in [0.5, 0.6) is 0 Å². The molecule has 0 aliphatic heterocycles. The van der Waals surface area contributed by atoms with Crippen LogP contribution in [0.15, 0.2) is 36.0 Å². The first-order chi connectivity index (χ1) is 5.68. The highest BCUT2D eigenvalue weighted by atomic mass is 19.4. The quantitative estimate of drug-likeness (QED) is 0.467. The molecular weight excluding hydrogens is 191 g/mol. The molecule has 0 saturated carbocycles. The second kappa shape index (κ2) is 3.72. The molecule has 0 N–H and O–H groups in total. The molecule has 0 spiro atoms. The molecule has 0 bridgehead atoms. The van der Waals surface area contributed by atoms with Crippen molar-refractivity contribution in [1.29, 1.82) is 0 Å². The Hall–Kier alpha value is -1.13. The van der Waals surface area contributed by atoms with Gasteiger partial charge in [0, 0.05) is 0 Å². The minimum absolute atomic E-state index is 0.494. The maximum atomic E-state index is 12.7. The minimum atomic E-state index is -5.09. The van der Waals surface area contributed by atoms with Gasteiger partial charge in [-0.1, -0.05) is 13.2 Å². The van der Waals surface area contributed by atoms with Gasteiger partial charge in [-0.15, -0.1) is 0 Å². The number of allylic oxidation sites excluding steroid dienone is 4. The van der Waals surface area contributed by atoms with Crippen LogP contribution < -0.4 is 0 Å². The van der Waals surface area contributed by atoms with Gasteiger partial charge < -0.3 is 0 Å². The van der Waals surface area contributed by atoms with Gasteiger partial charge in [0.25, 0.3) is 0 Å². The van der Waals surface area contributed by atoms with E-state index in [2.05, 4.69) is 13.2 Å². The van der Waals surface area contributed by atoms with Crippen molar-refractivity contribution >= 4 is 0 Å². The lowest BCUT2D eigenvalue weighted by atomic mass is 10.1. The van der Waals surface area contributed by atoms with Gasteiger partial charge in [0.15, 0.2) is 0 Å². The zero-order valence-electron chi connectivity index (χ0n) is 6.80. The molecule has 0 atom stereocenters. The van der Waals surface area contributed by atoms with E-state index in [9.17, 15) is 22.0 Å². The van der Waals surface area contributed by atoms with E-state index in [0.29, 0.717) is 0 Å². The van der Waals surface area contributed by atoms with Crippen LogP contribution in [0.4, 0.5) is 22.0 Å². The first kappa shape index (κ1) is 11.9. The van der Waals surface area contributed by atoms with Crippen LogP contribution in [0.3, 0.4) is 0 Å². The summed E-state index contributed by atoms with van der Waals surface area (Å²) in [6.45, 7) is 6.33. The summed E-state index contributed by atoms with van der Waals surface area (Å²) in [7, 11) is 0. The molecule has 0 aliphatic rings. The molecule has 13 heavy (non-hydrogen) atoms. The summed E-state index contributed by atoms with van der Waals surface area (Å²) in [5.74, 6) is -3.58. The average molecular weight is 198 g/mol. The molecule has 0 saturated heterocycles. The van der Waals surface area contributed by atoms with Crippen molar-refractivity contribution < 1.29 is 22.0 Å². The van der Waals surface area contributed by atoms with Crippen molar-refractivity contribution in [1.82, 2.24) is 0 Å². The Labute approximate surface area is 72.1 Å². The molecule has 0 amide bonds. The molecule has 0 nitrogen and oxygen atoms in total. The number of hydrogen-bond donors (Lipinski definition) is 0. The Bertz CT molecular complexity index is 269. The Balaban J connectivity index is 5.40. The smallest absolute Gasteiger partial charge is 0.207 e. The van der Waals surface area contributed by atoms with Crippen molar-refractivity contribution in [3.63, 3.8) is 0 Å². The average Bonchev–Trinajstić information content (AvgIpc) is 1.82. The molecule has 0 rings (SSSR count). The topological polar surface area (TPSA) is 0 Å². The third kappa shape index (κ3) is 3.01. The molecule has 0 radical (unpaired) electrons. The van der Waals surface area contributed by atoms with E-state index in [1.165, 1.54) is 0 Å². The molecule has 0 aromatic heterocycles. The predicted molar refractivity (Wildman–Crippen MR) is 39.3 cm³/mol. The van der Waals surface area contributed by atoms with E-state index in [4.69, 9.17) is 0 Å². The summed E-state index contributed by atoms with van der Waals surface area (Å²) in [6, 6.07) is 0. The second-order valence-corrected chi connectivity index (χ2v) is 2.37. The monoisotopic (exact) mass is 198 g/mol. The summed E-state index contributed by atoms with van der Waals surface area (Å²) < 4.78 is 60.7. The van der Waals surface area contributed by atoms with Crippen molar-refractivity contribution in [3.05, 3.63) is 36.0 Å². The van der Waals surface area contributed by atoms with E-state index in [-0.39, 0.29) is 0 Å². The summed E-state index contributed by atoms with van der Waals surface area (Å²) >= 11 is 0. The largest absolute Gasteiger partial charge is 0.422 e. The fourth-order valence-corrected chi connectivity index (χ4v) is 0.611. The zero-order chi connectivity index (χ0) is 10.8. The fourth-order valence-electron chi connectivity index (χ4n) is 0.611. The van der Waals surface area contributed by atoms with Crippen LogP contribution in [0.25, 0.3) is 0 Å². The second-order valence-electron chi connectivity index (χ2n) is 2.37. The summed E-state index contributed by atoms with van der Waals surface area (Å²) in [5.41, 5.74) is -2.49. The summed E-state index contributed by atoms with van der Waals surface area (Å²) in [5, 5.41) is 0. The highest BCUT2D eigenvalue weighted by Gasteiger charge is 2.39. The minimum Gasteiger partial charge on any atom is -0.207 e. The van der Waals surface area contributed by atoms with Crippen LogP contribution >= 0.6 is 0 Å². The molecule has 5 heteroatoms. The maximum Gasteiger partial charge on any atom is 0.422 e. The Morgan fingerprint density at radius 1 is 1.08 bits per heavy atom. The molecular formula is C8H7F5. The van der Waals surface area contributed by atoms with Crippen molar-refractivity contribution in [2.75, 3.05) is 0 Å². The molecule has 0 aliphatic carbocycles. The molecule has 0 heterocycles. The number of rotatable bonds is 2. The van der Waals surface area contributed by atoms with Crippen molar-refractivity contribution in [2.45, 2.75) is 13.1 Å². The maximum absolute atomic E-state index is 12.7.